The van der Waals surface area contributed by atoms with Gasteiger partial charge in [-0.3, -0.25) is 0 Å². The first kappa shape index (κ1) is 15.6. The Morgan fingerprint density at radius 1 is 0.875 bits per heavy atom. The SMILES string of the molecule is C.Nc1ccc(Cn2ccc3c4c(N)nc(N)nc4ccc32)cc1. The van der Waals surface area contributed by atoms with Gasteiger partial charge in [0.1, 0.15) is 5.82 Å². The van der Waals surface area contributed by atoms with E-state index in [2.05, 4.69) is 14.5 Å². The van der Waals surface area contributed by atoms with Gasteiger partial charge < -0.3 is 21.8 Å². The highest BCUT2D eigenvalue weighted by molar-refractivity contribution is 6.10. The van der Waals surface area contributed by atoms with Crippen molar-refractivity contribution >= 4 is 39.3 Å². The Balaban J connectivity index is 0.00000169. The molecule has 6 nitrogen and oxygen atoms in total. The van der Waals surface area contributed by atoms with Crippen LogP contribution in [0.25, 0.3) is 21.8 Å². The number of nitrogens with two attached hydrogens (primary N) is 3. The Kier molecular flexibility index (Phi) is 3.73. The molecule has 2 aromatic carbocycles. The standard InChI is InChI=1S/C17H16N6.CH4/c18-11-3-1-10(2-4-11)9-23-8-7-12-14(23)6-5-13-15(12)16(19)22-17(20)21-13;/h1-8H,9,18H2,(H4,19,20,21,22);1H4. The molecule has 0 saturated carbocycles. The maximum atomic E-state index is 6.05. The summed E-state index contributed by atoms with van der Waals surface area (Å²) in [5.41, 5.74) is 21.2. The number of fused-ring (bicyclic) bond motifs is 3. The van der Waals surface area contributed by atoms with E-state index in [-0.39, 0.29) is 13.4 Å². The third kappa shape index (κ3) is 2.48. The maximum absolute atomic E-state index is 6.05. The van der Waals surface area contributed by atoms with Crippen molar-refractivity contribution < 1.29 is 0 Å². The Hall–Kier alpha value is -3.28. The van der Waals surface area contributed by atoms with Gasteiger partial charge in [-0.05, 0) is 35.9 Å². The van der Waals surface area contributed by atoms with Crippen LogP contribution in [0.1, 0.15) is 13.0 Å². The third-order valence-electron chi connectivity index (χ3n) is 3.99. The van der Waals surface area contributed by atoms with Crippen LogP contribution in [0, 0.1) is 0 Å². The number of hydrogen-bond donors (Lipinski definition) is 3. The minimum atomic E-state index is 0. The average molecular weight is 320 g/mol. The second kappa shape index (κ2) is 5.73. The Morgan fingerprint density at radius 3 is 2.38 bits per heavy atom. The van der Waals surface area contributed by atoms with Gasteiger partial charge in [0.2, 0.25) is 5.95 Å². The zero-order valence-electron chi connectivity index (χ0n) is 12.4. The highest BCUT2D eigenvalue weighted by Gasteiger charge is 2.10. The van der Waals surface area contributed by atoms with Crippen LogP contribution in [-0.4, -0.2) is 14.5 Å². The van der Waals surface area contributed by atoms with Gasteiger partial charge in [-0.15, -0.1) is 0 Å². The summed E-state index contributed by atoms with van der Waals surface area (Å²) in [6, 6.07) is 13.9. The van der Waals surface area contributed by atoms with E-state index >= 15 is 0 Å². The second-order valence-electron chi connectivity index (χ2n) is 5.54. The van der Waals surface area contributed by atoms with E-state index in [9.17, 15) is 0 Å². The van der Waals surface area contributed by atoms with Crippen LogP contribution < -0.4 is 17.2 Å². The van der Waals surface area contributed by atoms with Crippen molar-refractivity contribution in [1.29, 1.82) is 0 Å². The van der Waals surface area contributed by atoms with Gasteiger partial charge in [0, 0.05) is 29.3 Å². The lowest BCUT2D eigenvalue weighted by Crippen LogP contribution is -2.01. The normalized spacial score (nSPS) is 10.8. The first-order chi connectivity index (χ1) is 11.1. The summed E-state index contributed by atoms with van der Waals surface area (Å²) in [7, 11) is 0. The van der Waals surface area contributed by atoms with E-state index in [1.165, 1.54) is 5.56 Å². The highest BCUT2D eigenvalue weighted by atomic mass is 15.0. The second-order valence-corrected chi connectivity index (χ2v) is 5.54. The molecule has 2 aromatic heterocycles. The largest absolute Gasteiger partial charge is 0.399 e. The first-order valence-corrected chi connectivity index (χ1v) is 7.27. The molecule has 4 aromatic rings. The van der Waals surface area contributed by atoms with Crippen molar-refractivity contribution in [2.24, 2.45) is 0 Å². The topological polar surface area (TPSA) is 109 Å². The van der Waals surface area contributed by atoms with Crippen molar-refractivity contribution in [3.63, 3.8) is 0 Å². The Morgan fingerprint density at radius 2 is 1.62 bits per heavy atom. The number of nitrogens with zero attached hydrogens (tertiary/aromatic N) is 3. The molecule has 0 aliphatic rings. The van der Waals surface area contributed by atoms with Gasteiger partial charge in [0.15, 0.2) is 0 Å². The first-order valence-electron chi connectivity index (χ1n) is 7.27. The van der Waals surface area contributed by atoms with Crippen LogP contribution in [0.15, 0.2) is 48.7 Å². The number of aromatic nitrogens is 3. The van der Waals surface area contributed by atoms with Crippen LogP contribution in [0.3, 0.4) is 0 Å². The molecule has 0 atom stereocenters. The van der Waals surface area contributed by atoms with Crippen molar-refractivity contribution in [3.8, 4) is 0 Å². The molecule has 0 unspecified atom stereocenters. The molecule has 122 valence electrons. The van der Waals surface area contributed by atoms with E-state index in [0.29, 0.717) is 5.82 Å². The van der Waals surface area contributed by atoms with Crippen LogP contribution in [-0.2, 0) is 6.54 Å². The molecule has 4 rings (SSSR count). The minimum absolute atomic E-state index is 0. The van der Waals surface area contributed by atoms with Gasteiger partial charge in [0.25, 0.3) is 0 Å². The van der Waals surface area contributed by atoms with Crippen LogP contribution in [0.5, 0.6) is 0 Å². The van der Waals surface area contributed by atoms with Crippen LogP contribution in [0.2, 0.25) is 0 Å². The molecule has 0 bridgehead atoms. The van der Waals surface area contributed by atoms with E-state index in [0.717, 1.165) is 34.0 Å². The maximum Gasteiger partial charge on any atom is 0.222 e. The van der Waals surface area contributed by atoms with Gasteiger partial charge in [0.05, 0.1) is 10.9 Å². The zero-order chi connectivity index (χ0) is 16.0. The fourth-order valence-electron chi connectivity index (χ4n) is 2.91. The summed E-state index contributed by atoms with van der Waals surface area (Å²) in [4.78, 5) is 8.33. The van der Waals surface area contributed by atoms with E-state index in [1.807, 2.05) is 48.7 Å². The summed E-state index contributed by atoms with van der Waals surface area (Å²) in [5, 5.41) is 1.86. The molecule has 0 saturated heterocycles. The number of benzene rings is 2. The minimum Gasteiger partial charge on any atom is -0.399 e. The number of nitrogen functional groups attached to an aromatic ring is 3. The fourth-order valence-corrected chi connectivity index (χ4v) is 2.91. The molecule has 6 N–H and O–H groups in total. The van der Waals surface area contributed by atoms with E-state index in [4.69, 9.17) is 17.2 Å². The molecular formula is C18H20N6. The Bertz CT molecular complexity index is 1020. The highest BCUT2D eigenvalue weighted by Crippen LogP contribution is 2.29. The molecule has 0 aliphatic carbocycles. The van der Waals surface area contributed by atoms with Crippen molar-refractivity contribution in [2.75, 3.05) is 17.2 Å². The lowest BCUT2D eigenvalue weighted by Gasteiger charge is -2.08. The summed E-state index contributed by atoms with van der Waals surface area (Å²) in [6.45, 7) is 0.755. The smallest absolute Gasteiger partial charge is 0.222 e. The van der Waals surface area contributed by atoms with E-state index in [1.54, 1.807) is 0 Å². The monoisotopic (exact) mass is 320 g/mol. The summed E-state index contributed by atoms with van der Waals surface area (Å²) >= 11 is 0. The summed E-state index contributed by atoms with van der Waals surface area (Å²) in [6.07, 6.45) is 2.04. The third-order valence-corrected chi connectivity index (χ3v) is 3.99. The van der Waals surface area contributed by atoms with Crippen molar-refractivity contribution in [2.45, 2.75) is 14.0 Å². The molecular weight excluding hydrogens is 300 g/mol. The van der Waals surface area contributed by atoms with Gasteiger partial charge in [-0.1, -0.05) is 19.6 Å². The van der Waals surface area contributed by atoms with Crippen LogP contribution >= 0.6 is 0 Å². The van der Waals surface area contributed by atoms with Gasteiger partial charge in [-0.2, -0.15) is 4.98 Å². The molecule has 0 fully saturated rings. The molecule has 2 heterocycles. The molecule has 0 radical (unpaired) electrons. The van der Waals surface area contributed by atoms with Gasteiger partial charge >= 0.3 is 0 Å². The van der Waals surface area contributed by atoms with E-state index < -0.39 is 0 Å². The molecule has 0 amide bonds. The zero-order valence-corrected chi connectivity index (χ0v) is 12.4. The lowest BCUT2D eigenvalue weighted by atomic mass is 10.1. The average Bonchev–Trinajstić information content (AvgIpc) is 2.92. The fraction of sp³-hybridized carbons (Fsp3) is 0.111. The number of hydrogen-bond acceptors (Lipinski definition) is 5. The van der Waals surface area contributed by atoms with Crippen LogP contribution in [0.4, 0.5) is 17.5 Å². The molecule has 0 aliphatic heterocycles. The molecule has 0 spiro atoms. The van der Waals surface area contributed by atoms with Crippen molar-refractivity contribution in [1.82, 2.24) is 14.5 Å². The molecule has 24 heavy (non-hydrogen) atoms. The lowest BCUT2D eigenvalue weighted by molar-refractivity contribution is 0.837. The summed E-state index contributed by atoms with van der Waals surface area (Å²) in [5.74, 6) is 0.596. The summed E-state index contributed by atoms with van der Waals surface area (Å²) < 4.78 is 2.16. The molecule has 6 heteroatoms. The number of anilines is 3. The quantitative estimate of drug-likeness (QED) is 0.492. The van der Waals surface area contributed by atoms with Gasteiger partial charge in [-0.25, -0.2) is 4.98 Å². The number of rotatable bonds is 2. The predicted molar refractivity (Wildman–Crippen MR) is 101 cm³/mol. The van der Waals surface area contributed by atoms with Crippen molar-refractivity contribution in [3.05, 3.63) is 54.2 Å². The Labute approximate surface area is 139 Å². The predicted octanol–water partition coefficient (Wildman–Crippen LogP) is 3.02.